The summed E-state index contributed by atoms with van der Waals surface area (Å²) in [5.74, 6) is 0.153. The molecule has 1 rings (SSSR count). The third-order valence-corrected chi connectivity index (χ3v) is 3.07. The molecule has 0 fully saturated rings. The second-order valence-electron chi connectivity index (χ2n) is 6.32. The van der Waals surface area contributed by atoms with E-state index in [4.69, 9.17) is 0 Å². The first-order valence-corrected chi connectivity index (χ1v) is 7.25. The molecule has 2 heteroatoms. The van der Waals surface area contributed by atoms with E-state index >= 15 is 0 Å². The molecule has 0 atom stereocenters. The summed E-state index contributed by atoms with van der Waals surface area (Å²) in [5, 5.41) is 0. The van der Waals surface area contributed by atoms with Crippen molar-refractivity contribution in [1.82, 2.24) is 4.90 Å². The van der Waals surface area contributed by atoms with E-state index in [1.54, 1.807) is 0 Å². The van der Waals surface area contributed by atoms with Crippen molar-refractivity contribution < 1.29 is 4.79 Å². The number of carbonyl (C=O) groups is 1. The predicted molar refractivity (Wildman–Crippen MR) is 81.5 cm³/mol. The zero-order valence-electron chi connectivity index (χ0n) is 13.0. The largest absolute Gasteiger partial charge is 0.339 e. The van der Waals surface area contributed by atoms with Crippen LogP contribution in [0.5, 0.6) is 0 Å². The molecule has 0 saturated carbocycles. The number of hydrogen-bond donors (Lipinski definition) is 0. The minimum Gasteiger partial charge on any atom is -0.339 e. The molecule has 106 valence electrons. The van der Waals surface area contributed by atoms with Crippen LogP contribution < -0.4 is 0 Å². The maximum Gasteiger partial charge on any atom is 0.253 e. The van der Waals surface area contributed by atoms with Gasteiger partial charge in [-0.1, -0.05) is 39.8 Å². The Morgan fingerprint density at radius 3 is 2.42 bits per heavy atom. The van der Waals surface area contributed by atoms with Crippen LogP contribution in [0.1, 0.15) is 57.0 Å². The van der Waals surface area contributed by atoms with Gasteiger partial charge >= 0.3 is 0 Å². The van der Waals surface area contributed by atoms with Crippen LogP contribution in [0.25, 0.3) is 0 Å². The number of rotatable bonds is 5. The Kier molecular flexibility index (Phi) is 5.59. The van der Waals surface area contributed by atoms with Crippen molar-refractivity contribution in [2.24, 2.45) is 5.41 Å². The fourth-order valence-corrected chi connectivity index (χ4v) is 2.28. The number of amides is 1. The van der Waals surface area contributed by atoms with Crippen molar-refractivity contribution in [3.63, 3.8) is 0 Å². The van der Waals surface area contributed by atoms with Gasteiger partial charge in [0.2, 0.25) is 0 Å². The minimum atomic E-state index is 0.153. The molecule has 1 aromatic rings. The Bertz CT molecular complexity index is 418. The van der Waals surface area contributed by atoms with Gasteiger partial charge in [0.15, 0.2) is 0 Å². The van der Waals surface area contributed by atoms with E-state index in [2.05, 4.69) is 33.8 Å². The van der Waals surface area contributed by atoms with E-state index in [0.717, 1.165) is 31.5 Å². The van der Waals surface area contributed by atoms with Gasteiger partial charge in [-0.2, -0.15) is 0 Å². The third-order valence-electron chi connectivity index (χ3n) is 3.07. The molecule has 0 radical (unpaired) electrons. The highest BCUT2D eigenvalue weighted by atomic mass is 16.2. The summed E-state index contributed by atoms with van der Waals surface area (Å²) in [7, 11) is 0. The predicted octanol–water partition coefficient (Wildman–Crippen LogP) is 4.15. The van der Waals surface area contributed by atoms with Gasteiger partial charge in [-0.15, -0.1) is 0 Å². The Labute approximate surface area is 117 Å². The maximum atomic E-state index is 12.4. The summed E-state index contributed by atoms with van der Waals surface area (Å²) in [6.07, 6.45) is 2.00. The molecule has 0 saturated heterocycles. The zero-order chi connectivity index (χ0) is 14.5. The van der Waals surface area contributed by atoms with Crippen molar-refractivity contribution in [2.45, 2.75) is 47.5 Å². The highest BCUT2D eigenvalue weighted by Crippen LogP contribution is 2.21. The summed E-state index contributed by atoms with van der Waals surface area (Å²) >= 11 is 0. The van der Waals surface area contributed by atoms with Gasteiger partial charge in [0.1, 0.15) is 0 Å². The van der Waals surface area contributed by atoms with Crippen LogP contribution in [-0.2, 0) is 6.42 Å². The Morgan fingerprint density at radius 2 is 1.89 bits per heavy atom. The van der Waals surface area contributed by atoms with Crippen LogP contribution in [0.2, 0.25) is 0 Å². The molecule has 0 bridgehead atoms. The fraction of sp³-hybridized carbons (Fsp3) is 0.588. The SMILES string of the molecule is CCCN(CC)C(=O)c1cccc(CC(C)(C)C)c1. The Balaban J connectivity index is 2.89. The second-order valence-corrected chi connectivity index (χ2v) is 6.32. The number of hydrogen-bond acceptors (Lipinski definition) is 1. The summed E-state index contributed by atoms with van der Waals surface area (Å²) in [4.78, 5) is 14.3. The molecule has 19 heavy (non-hydrogen) atoms. The summed E-state index contributed by atoms with van der Waals surface area (Å²) in [5.41, 5.74) is 2.30. The highest BCUT2D eigenvalue weighted by molar-refractivity contribution is 5.94. The first-order chi connectivity index (χ1) is 8.87. The molecule has 0 aliphatic rings. The average Bonchev–Trinajstić information content (AvgIpc) is 2.33. The van der Waals surface area contributed by atoms with E-state index in [0.29, 0.717) is 0 Å². The second kappa shape index (κ2) is 6.74. The van der Waals surface area contributed by atoms with E-state index in [1.165, 1.54) is 5.56 Å². The molecule has 1 aromatic carbocycles. The topological polar surface area (TPSA) is 20.3 Å². The third kappa shape index (κ3) is 5.06. The lowest BCUT2D eigenvalue weighted by Crippen LogP contribution is -2.31. The highest BCUT2D eigenvalue weighted by Gasteiger charge is 2.15. The minimum absolute atomic E-state index is 0.153. The zero-order valence-corrected chi connectivity index (χ0v) is 13.0. The smallest absolute Gasteiger partial charge is 0.253 e. The van der Waals surface area contributed by atoms with Gasteiger partial charge in [0.25, 0.3) is 5.91 Å². The lowest BCUT2D eigenvalue weighted by Gasteiger charge is -2.21. The van der Waals surface area contributed by atoms with E-state index < -0.39 is 0 Å². The van der Waals surface area contributed by atoms with Crippen LogP contribution in [0.4, 0.5) is 0 Å². The molecular weight excluding hydrogens is 234 g/mol. The molecule has 1 amide bonds. The molecule has 0 spiro atoms. The van der Waals surface area contributed by atoms with Crippen molar-refractivity contribution >= 4 is 5.91 Å². The van der Waals surface area contributed by atoms with Crippen molar-refractivity contribution in [3.05, 3.63) is 35.4 Å². The fourth-order valence-electron chi connectivity index (χ4n) is 2.28. The van der Waals surface area contributed by atoms with E-state index in [-0.39, 0.29) is 11.3 Å². The Morgan fingerprint density at radius 1 is 1.21 bits per heavy atom. The Hall–Kier alpha value is -1.31. The lowest BCUT2D eigenvalue weighted by molar-refractivity contribution is 0.0764. The number of nitrogens with zero attached hydrogens (tertiary/aromatic N) is 1. The van der Waals surface area contributed by atoms with Crippen molar-refractivity contribution in [1.29, 1.82) is 0 Å². The van der Waals surface area contributed by atoms with E-state index in [1.807, 2.05) is 30.0 Å². The monoisotopic (exact) mass is 261 g/mol. The summed E-state index contributed by atoms with van der Waals surface area (Å²) < 4.78 is 0. The number of carbonyl (C=O) groups excluding carboxylic acids is 1. The van der Waals surface area contributed by atoms with Gasteiger partial charge in [-0.3, -0.25) is 4.79 Å². The first-order valence-electron chi connectivity index (χ1n) is 7.25. The van der Waals surface area contributed by atoms with Crippen molar-refractivity contribution in [2.75, 3.05) is 13.1 Å². The average molecular weight is 261 g/mol. The molecule has 0 heterocycles. The van der Waals surface area contributed by atoms with Crippen LogP contribution in [0.3, 0.4) is 0 Å². The quantitative estimate of drug-likeness (QED) is 0.780. The lowest BCUT2D eigenvalue weighted by atomic mass is 9.87. The molecule has 0 aliphatic carbocycles. The molecule has 0 aliphatic heterocycles. The van der Waals surface area contributed by atoms with Crippen LogP contribution in [0, 0.1) is 5.41 Å². The van der Waals surface area contributed by atoms with Gasteiger partial charge in [-0.25, -0.2) is 0 Å². The molecular formula is C17H27NO. The van der Waals surface area contributed by atoms with Gasteiger partial charge < -0.3 is 4.90 Å². The van der Waals surface area contributed by atoms with Gasteiger partial charge in [0, 0.05) is 18.7 Å². The maximum absolute atomic E-state index is 12.4. The van der Waals surface area contributed by atoms with E-state index in [9.17, 15) is 4.79 Å². The molecule has 0 unspecified atom stereocenters. The molecule has 0 N–H and O–H groups in total. The first kappa shape index (κ1) is 15.7. The number of benzene rings is 1. The van der Waals surface area contributed by atoms with Gasteiger partial charge in [0.05, 0.1) is 0 Å². The normalized spacial score (nSPS) is 11.4. The van der Waals surface area contributed by atoms with Crippen molar-refractivity contribution in [3.8, 4) is 0 Å². The molecule has 0 aromatic heterocycles. The van der Waals surface area contributed by atoms with Gasteiger partial charge in [-0.05, 0) is 42.9 Å². The summed E-state index contributed by atoms with van der Waals surface area (Å²) in [6, 6.07) is 8.07. The van der Waals surface area contributed by atoms with Crippen LogP contribution >= 0.6 is 0 Å². The van der Waals surface area contributed by atoms with Crippen LogP contribution in [0.15, 0.2) is 24.3 Å². The summed E-state index contributed by atoms with van der Waals surface area (Å²) in [6.45, 7) is 12.4. The van der Waals surface area contributed by atoms with Crippen LogP contribution in [-0.4, -0.2) is 23.9 Å². The molecule has 2 nitrogen and oxygen atoms in total. The standard InChI is InChI=1S/C17H27NO/c1-6-11-18(7-2)16(19)15-10-8-9-14(12-15)13-17(3,4)5/h8-10,12H,6-7,11,13H2,1-5H3.